The van der Waals surface area contributed by atoms with Crippen LogP contribution in [0.3, 0.4) is 0 Å². The van der Waals surface area contributed by atoms with E-state index in [9.17, 15) is 9.59 Å². The molecule has 2 heterocycles. The minimum absolute atomic E-state index is 0.169. The zero-order chi connectivity index (χ0) is 16.2. The molecule has 22 heavy (non-hydrogen) atoms. The van der Waals surface area contributed by atoms with Gasteiger partial charge in [-0.3, -0.25) is 9.59 Å². The zero-order valence-electron chi connectivity index (χ0n) is 13.1. The number of likely N-dealkylation sites (tertiary alicyclic amines) is 1. The van der Waals surface area contributed by atoms with Crippen LogP contribution in [-0.4, -0.2) is 61.7 Å². The van der Waals surface area contributed by atoms with Crippen LogP contribution in [0.4, 0.5) is 0 Å². The van der Waals surface area contributed by atoms with Crippen molar-refractivity contribution in [2.45, 2.75) is 18.4 Å². The molecule has 120 valence electrons. The van der Waals surface area contributed by atoms with Gasteiger partial charge in [-0.15, -0.1) is 0 Å². The fraction of sp³-hybridized carbons (Fsp3) is 0.533. The Hall–Kier alpha value is -2.15. The molecule has 1 atom stereocenters. The molecule has 7 heteroatoms. The van der Waals surface area contributed by atoms with E-state index in [-0.39, 0.29) is 18.4 Å². The SMILES string of the molecule is CNC(=O)C1(COC)CCCN1C(=O)c1ccc(OC)nc1. The molecule has 0 radical (unpaired) electrons. The molecule has 1 aliphatic rings. The molecule has 0 aromatic carbocycles. The minimum Gasteiger partial charge on any atom is -0.481 e. The highest BCUT2D eigenvalue weighted by Gasteiger charge is 2.49. The van der Waals surface area contributed by atoms with Gasteiger partial charge in [0.05, 0.1) is 19.3 Å². The van der Waals surface area contributed by atoms with Crippen molar-refractivity contribution in [3.05, 3.63) is 23.9 Å². The first-order chi connectivity index (χ1) is 10.6. The van der Waals surface area contributed by atoms with Gasteiger partial charge in [0.15, 0.2) is 0 Å². The lowest BCUT2D eigenvalue weighted by Gasteiger charge is -2.36. The second-order valence-corrected chi connectivity index (χ2v) is 5.19. The van der Waals surface area contributed by atoms with Crippen LogP contribution in [0.1, 0.15) is 23.2 Å². The van der Waals surface area contributed by atoms with Crippen molar-refractivity contribution in [3.63, 3.8) is 0 Å². The Balaban J connectivity index is 2.31. The maximum absolute atomic E-state index is 12.8. The van der Waals surface area contributed by atoms with E-state index in [1.807, 2.05) is 0 Å². The number of carbonyl (C=O) groups excluding carboxylic acids is 2. The Morgan fingerprint density at radius 1 is 1.41 bits per heavy atom. The molecule has 1 aromatic heterocycles. The topological polar surface area (TPSA) is 80.8 Å². The average molecular weight is 307 g/mol. The van der Waals surface area contributed by atoms with E-state index in [0.29, 0.717) is 24.4 Å². The van der Waals surface area contributed by atoms with Gasteiger partial charge in [0.2, 0.25) is 11.8 Å². The van der Waals surface area contributed by atoms with Crippen LogP contribution in [0.5, 0.6) is 5.88 Å². The van der Waals surface area contributed by atoms with E-state index in [1.54, 1.807) is 24.1 Å². The Morgan fingerprint density at radius 2 is 2.18 bits per heavy atom. The van der Waals surface area contributed by atoms with E-state index in [4.69, 9.17) is 9.47 Å². The average Bonchev–Trinajstić information content (AvgIpc) is 2.98. The van der Waals surface area contributed by atoms with Gasteiger partial charge in [0.1, 0.15) is 5.54 Å². The summed E-state index contributed by atoms with van der Waals surface area (Å²) in [7, 11) is 4.61. The molecule has 1 aliphatic heterocycles. The highest BCUT2D eigenvalue weighted by Crippen LogP contribution is 2.31. The van der Waals surface area contributed by atoms with Crippen molar-refractivity contribution in [2.24, 2.45) is 0 Å². The van der Waals surface area contributed by atoms with Gasteiger partial charge in [-0.05, 0) is 18.9 Å². The fourth-order valence-corrected chi connectivity index (χ4v) is 2.88. The van der Waals surface area contributed by atoms with Gasteiger partial charge < -0.3 is 19.7 Å². The molecule has 1 N–H and O–H groups in total. The summed E-state index contributed by atoms with van der Waals surface area (Å²) in [5.41, 5.74) is -0.535. The van der Waals surface area contributed by atoms with E-state index in [1.165, 1.54) is 20.4 Å². The number of rotatable bonds is 5. The normalized spacial score (nSPS) is 20.8. The summed E-state index contributed by atoms with van der Waals surface area (Å²) in [6.45, 7) is 0.684. The number of likely N-dealkylation sites (N-methyl/N-ethyl adjacent to an activating group) is 1. The van der Waals surface area contributed by atoms with Crippen molar-refractivity contribution >= 4 is 11.8 Å². The third-order valence-electron chi connectivity index (χ3n) is 3.96. The largest absolute Gasteiger partial charge is 0.481 e. The highest BCUT2D eigenvalue weighted by atomic mass is 16.5. The van der Waals surface area contributed by atoms with Crippen molar-refractivity contribution < 1.29 is 19.1 Å². The van der Waals surface area contributed by atoms with Crippen molar-refractivity contribution in [1.29, 1.82) is 0 Å². The number of ether oxygens (including phenoxy) is 2. The molecule has 1 saturated heterocycles. The molecule has 0 saturated carbocycles. The lowest BCUT2D eigenvalue weighted by molar-refractivity contribution is -0.133. The van der Waals surface area contributed by atoms with Gasteiger partial charge in [-0.25, -0.2) is 4.98 Å². The molecular weight excluding hydrogens is 286 g/mol. The number of carbonyl (C=O) groups is 2. The Kier molecular flexibility index (Phi) is 4.97. The van der Waals surface area contributed by atoms with Crippen molar-refractivity contribution in [1.82, 2.24) is 15.2 Å². The van der Waals surface area contributed by atoms with Crippen LogP contribution in [-0.2, 0) is 9.53 Å². The van der Waals surface area contributed by atoms with Crippen LogP contribution < -0.4 is 10.1 Å². The number of nitrogens with zero attached hydrogens (tertiary/aromatic N) is 2. The smallest absolute Gasteiger partial charge is 0.256 e. The third-order valence-corrected chi connectivity index (χ3v) is 3.96. The minimum atomic E-state index is -0.958. The number of nitrogens with one attached hydrogen (secondary N) is 1. The molecule has 0 aliphatic carbocycles. The van der Waals surface area contributed by atoms with Crippen LogP contribution >= 0.6 is 0 Å². The first-order valence-corrected chi connectivity index (χ1v) is 7.12. The summed E-state index contributed by atoms with van der Waals surface area (Å²) >= 11 is 0. The third kappa shape index (κ3) is 2.76. The molecule has 1 fully saturated rings. The number of pyridine rings is 1. The molecule has 2 rings (SSSR count). The summed E-state index contributed by atoms with van der Waals surface area (Å²) < 4.78 is 10.2. The molecule has 0 spiro atoms. The van der Waals surface area contributed by atoms with Crippen LogP contribution in [0.2, 0.25) is 0 Å². The Bertz CT molecular complexity index is 546. The summed E-state index contributed by atoms with van der Waals surface area (Å²) in [5, 5.41) is 2.64. The van der Waals surface area contributed by atoms with E-state index in [2.05, 4.69) is 10.3 Å². The van der Waals surface area contributed by atoms with E-state index >= 15 is 0 Å². The second-order valence-electron chi connectivity index (χ2n) is 5.19. The second kappa shape index (κ2) is 6.74. The van der Waals surface area contributed by atoms with Crippen LogP contribution in [0.15, 0.2) is 18.3 Å². The summed E-state index contributed by atoms with van der Waals surface area (Å²) in [5.74, 6) is 0.00222. The first kappa shape index (κ1) is 16.2. The van der Waals surface area contributed by atoms with E-state index < -0.39 is 5.54 Å². The number of amides is 2. The van der Waals surface area contributed by atoms with Crippen molar-refractivity contribution in [2.75, 3.05) is 34.4 Å². The summed E-state index contributed by atoms with van der Waals surface area (Å²) in [4.78, 5) is 30.7. The number of aromatic nitrogens is 1. The monoisotopic (exact) mass is 307 g/mol. The van der Waals surface area contributed by atoms with Gasteiger partial charge in [0.25, 0.3) is 5.91 Å². The fourth-order valence-electron chi connectivity index (χ4n) is 2.88. The Morgan fingerprint density at radius 3 is 2.73 bits per heavy atom. The lowest BCUT2D eigenvalue weighted by Crippen LogP contribution is -2.59. The molecule has 7 nitrogen and oxygen atoms in total. The predicted octanol–water partition coefficient (Wildman–Crippen LogP) is 0.457. The standard InChI is InChI=1S/C15H21N3O4/c1-16-14(20)15(10-21-2)7-4-8-18(15)13(19)11-5-6-12(22-3)17-9-11/h5-6,9H,4,7-8,10H2,1-3H3,(H,16,20). The first-order valence-electron chi connectivity index (χ1n) is 7.12. The summed E-state index contributed by atoms with van der Waals surface area (Å²) in [6.07, 6.45) is 2.79. The summed E-state index contributed by atoms with van der Waals surface area (Å²) in [6, 6.07) is 3.27. The van der Waals surface area contributed by atoms with Crippen LogP contribution in [0, 0.1) is 0 Å². The van der Waals surface area contributed by atoms with Gasteiger partial charge in [-0.2, -0.15) is 0 Å². The lowest BCUT2D eigenvalue weighted by atomic mass is 9.95. The van der Waals surface area contributed by atoms with E-state index in [0.717, 1.165) is 6.42 Å². The molecule has 1 aromatic rings. The van der Waals surface area contributed by atoms with Gasteiger partial charge in [-0.1, -0.05) is 0 Å². The van der Waals surface area contributed by atoms with Gasteiger partial charge >= 0.3 is 0 Å². The predicted molar refractivity (Wildman–Crippen MR) is 79.7 cm³/mol. The maximum Gasteiger partial charge on any atom is 0.256 e. The number of methoxy groups -OCH3 is 2. The van der Waals surface area contributed by atoms with Gasteiger partial charge in [0, 0.05) is 33.0 Å². The molecular formula is C15H21N3O4. The Labute approximate surface area is 129 Å². The quantitative estimate of drug-likeness (QED) is 0.854. The molecule has 0 bridgehead atoms. The number of hydrogen-bond donors (Lipinski definition) is 1. The molecule has 1 unspecified atom stereocenters. The highest BCUT2D eigenvalue weighted by molar-refractivity contribution is 5.99. The maximum atomic E-state index is 12.8. The zero-order valence-corrected chi connectivity index (χ0v) is 13.1. The number of hydrogen-bond acceptors (Lipinski definition) is 5. The van der Waals surface area contributed by atoms with Crippen molar-refractivity contribution in [3.8, 4) is 5.88 Å². The molecule has 2 amide bonds. The van der Waals surface area contributed by atoms with Crippen LogP contribution in [0.25, 0.3) is 0 Å².